The summed E-state index contributed by atoms with van der Waals surface area (Å²) >= 11 is 5.92. The van der Waals surface area contributed by atoms with E-state index in [-0.39, 0.29) is 0 Å². The highest BCUT2D eigenvalue weighted by Gasteiger charge is 2.11. The van der Waals surface area contributed by atoms with E-state index in [1.807, 2.05) is 12.1 Å². The van der Waals surface area contributed by atoms with Crippen molar-refractivity contribution in [2.45, 2.75) is 46.1 Å². The molecule has 0 atom stereocenters. The van der Waals surface area contributed by atoms with Gasteiger partial charge in [0, 0.05) is 24.9 Å². The van der Waals surface area contributed by atoms with Crippen molar-refractivity contribution in [3.8, 4) is 5.75 Å². The number of benzene rings is 1. The standard InChI is InChI=1S/C17H25ClN2O/c1-13(2)6-4-5-11-20-16-8-7-14(21-3)12-15(16)19-17(20)9-10-18/h7-8,12-13H,4-6,9-11H2,1-3H3. The van der Waals surface area contributed by atoms with Gasteiger partial charge in [0.25, 0.3) is 0 Å². The molecule has 21 heavy (non-hydrogen) atoms. The molecule has 4 heteroatoms. The van der Waals surface area contributed by atoms with Gasteiger partial charge in [-0.2, -0.15) is 0 Å². The van der Waals surface area contributed by atoms with Crippen molar-refractivity contribution in [2.75, 3.05) is 13.0 Å². The first-order valence-corrected chi connectivity index (χ1v) is 8.28. The number of halogens is 1. The van der Waals surface area contributed by atoms with Crippen LogP contribution in [-0.2, 0) is 13.0 Å². The molecule has 2 rings (SSSR count). The van der Waals surface area contributed by atoms with Gasteiger partial charge in [0.2, 0.25) is 0 Å². The molecule has 116 valence electrons. The van der Waals surface area contributed by atoms with Gasteiger partial charge in [-0.05, 0) is 24.5 Å². The molecule has 0 unspecified atom stereocenters. The van der Waals surface area contributed by atoms with Crippen LogP contribution < -0.4 is 4.74 Å². The van der Waals surface area contributed by atoms with E-state index in [9.17, 15) is 0 Å². The molecule has 2 aromatic rings. The fourth-order valence-corrected chi connectivity index (χ4v) is 2.80. The molecule has 0 amide bonds. The molecule has 0 fully saturated rings. The number of hydrogen-bond donors (Lipinski definition) is 0. The van der Waals surface area contributed by atoms with Crippen molar-refractivity contribution in [3.05, 3.63) is 24.0 Å². The fourth-order valence-electron chi connectivity index (χ4n) is 2.63. The van der Waals surface area contributed by atoms with Crippen LogP contribution >= 0.6 is 11.6 Å². The second-order valence-electron chi connectivity index (χ2n) is 5.86. The van der Waals surface area contributed by atoms with Crippen molar-refractivity contribution in [1.82, 2.24) is 9.55 Å². The summed E-state index contributed by atoms with van der Waals surface area (Å²) in [5.74, 6) is 3.31. The van der Waals surface area contributed by atoms with Gasteiger partial charge in [0.15, 0.2) is 0 Å². The minimum atomic E-state index is 0.604. The second kappa shape index (κ2) is 7.69. The number of unbranched alkanes of at least 4 members (excludes halogenated alkanes) is 1. The number of nitrogens with zero attached hydrogens (tertiary/aromatic N) is 2. The lowest BCUT2D eigenvalue weighted by atomic mass is 10.1. The number of aryl methyl sites for hydroxylation is 2. The zero-order valence-corrected chi connectivity index (χ0v) is 14.0. The number of hydrogen-bond acceptors (Lipinski definition) is 2. The summed E-state index contributed by atoms with van der Waals surface area (Å²) in [6.07, 6.45) is 4.53. The predicted octanol–water partition coefficient (Wildman–Crippen LogP) is 4.65. The zero-order valence-electron chi connectivity index (χ0n) is 13.2. The number of fused-ring (bicyclic) bond motifs is 1. The Hall–Kier alpha value is -1.22. The number of alkyl halides is 1. The molecule has 1 aromatic carbocycles. The van der Waals surface area contributed by atoms with Crippen molar-refractivity contribution >= 4 is 22.6 Å². The Kier molecular flexibility index (Phi) is 5.92. The summed E-state index contributed by atoms with van der Waals surface area (Å²) in [6.45, 7) is 5.57. The van der Waals surface area contributed by atoms with E-state index in [1.54, 1.807) is 7.11 Å². The smallest absolute Gasteiger partial charge is 0.121 e. The number of aromatic nitrogens is 2. The molecule has 3 nitrogen and oxygen atoms in total. The lowest BCUT2D eigenvalue weighted by Crippen LogP contribution is -2.05. The van der Waals surface area contributed by atoms with Crippen molar-refractivity contribution in [1.29, 1.82) is 0 Å². The van der Waals surface area contributed by atoms with Crippen LogP contribution in [0.1, 0.15) is 38.9 Å². The molecule has 0 N–H and O–H groups in total. The van der Waals surface area contributed by atoms with Crippen molar-refractivity contribution < 1.29 is 4.74 Å². The monoisotopic (exact) mass is 308 g/mol. The Morgan fingerprint density at radius 2 is 2.10 bits per heavy atom. The molecule has 1 aromatic heterocycles. The van der Waals surface area contributed by atoms with Gasteiger partial charge in [-0.25, -0.2) is 4.98 Å². The van der Waals surface area contributed by atoms with E-state index in [1.165, 1.54) is 24.8 Å². The first kappa shape index (κ1) is 16.2. The molecular formula is C17H25ClN2O. The van der Waals surface area contributed by atoms with Crippen molar-refractivity contribution in [3.63, 3.8) is 0 Å². The van der Waals surface area contributed by atoms with Crippen LogP contribution in [0.4, 0.5) is 0 Å². The average Bonchev–Trinajstić information content (AvgIpc) is 2.80. The van der Waals surface area contributed by atoms with E-state index < -0.39 is 0 Å². The van der Waals surface area contributed by atoms with Gasteiger partial charge in [-0.3, -0.25) is 0 Å². The van der Waals surface area contributed by atoms with E-state index in [2.05, 4.69) is 24.5 Å². The highest BCUT2D eigenvalue weighted by molar-refractivity contribution is 6.17. The van der Waals surface area contributed by atoms with Crippen LogP contribution in [0.3, 0.4) is 0 Å². The van der Waals surface area contributed by atoms with Gasteiger partial charge in [0.05, 0.1) is 18.1 Å². The predicted molar refractivity (Wildman–Crippen MR) is 89.4 cm³/mol. The molecule has 0 bridgehead atoms. The van der Waals surface area contributed by atoms with Crippen LogP contribution in [-0.4, -0.2) is 22.5 Å². The maximum atomic E-state index is 5.92. The summed E-state index contributed by atoms with van der Waals surface area (Å²) < 4.78 is 7.60. The molecule has 0 radical (unpaired) electrons. The Labute approximate surface area is 132 Å². The maximum Gasteiger partial charge on any atom is 0.121 e. The van der Waals surface area contributed by atoms with Crippen LogP contribution in [0.25, 0.3) is 11.0 Å². The summed E-state index contributed by atoms with van der Waals surface area (Å²) in [5, 5.41) is 0. The second-order valence-corrected chi connectivity index (χ2v) is 6.24. The summed E-state index contributed by atoms with van der Waals surface area (Å²) in [7, 11) is 1.68. The molecule has 0 aliphatic rings. The number of ether oxygens (including phenoxy) is 1. The zero-order chi connectivity index (χ0) is 15.2. The van der Waals surface area contributed by atoms with E-state index in [0.717, 1.165) is 36.0 Å². The van der Waals surface area contributed by atoms with E-state index in [0.29, 0.717) is 5.88 Å². The average molecular weight is 309 g/mol. The maximum absolute atomic E-state index is 5.92. The Balaban J connectivity index is 2.20. The fraction of sp³-hybridized carbons (Fsp3) is 0.588. The Morgan fingerprint density at radius 3 is 2.76 bits per heavy atom. The number of rotatable bonds is 8. The third-order valence-corrected chi connectivity index (χ3v) is 3.95. The van der Waals surface area contributed by atoms with Gasteiger partial charge >= 0.3 is 0 Å². The van der Waals surface area contributed by atoms with Crippen LogP contribution in [0, 0.1) is 5.92 Å². The van der Waals surface area contributed by atoms with Gasteiger partial charge in [-0.15, -0.1) is 11.6 Å². The molecule has 0 saturated carbocycles. The minimum Gasteiger partial charge on any atom is -0.497 e. The minimum absolute atomic E-state index is 0.604. The van der Waals surface area contributed by atoms with Gasteiger partial charge in [0.1, 0.15) is 11.6 Å². The quantitative estimate of drug-likeness (QED) is 0.524. The van der Waals surface area contributed by atoms with Gasteiger partial charge in [-0.1, -0.05) is 26.7 Å². The lowest BCUT2D eigenvalue weighted by Gasteiger charge is -2.09. The van der Waals surface area contributed by atoms with Crippen LogP contribution in [0.15, 0.2) is 18.2 Å². The molecule has 1 heterocycles. The molecule has 0 aliphatic carbocycles. The molecule has 0 aliphatic heterocycles. The Bertz CT molecular complexity index is 577. The first-order valence-electron chi connectivity index (χ1n) is 7.74. The summed E-state index contributed by atoms with van der Waals surface area (Å²) in [6, 6.07) is 6.10. The third kappa shape index (κ3) is 4.13. The number of imidazole rings is 1. The summed E-state index contributed by atoms with van der Waals surface area (Å²) in [4.78, 5) is 4.72. The van der Waals surface area contributed by atoms with Crippen molar-refractivity contribution in [2.24, 2.45) is 5.92 Å². The SMILES string of the molecule is COc1ccc2c(c1)nc(CCCl)n2CCCCC(C)C. The molecule has 0 spiro atoms. The third-order valence-electron chi connectivity index (χ3n) is 3.77. The highest BCUT2D eigenvalue weighted by Crippen LogP contribution is 2.23. The highest BCUT2D eigenvalue weighted by atomic mass is 35.5. The van der Waals surface area contributed by atoms with E-state index >= 15 is 0 Å². The summed E-state index contributed by atoms with van der Waals surface area (Å²) in [5.41, 5.74) is 2.18. The molecular weight excluding hydrogens is 284 g/mol. The number of methoxy groups -OCH3 is 1. The normalized spacial score (nSPS) is 11.5. The molecule has 0 saturated heterocycles. The first-order chi connectivity index (χ1) is 10.2. The van der Waals surface area contributed by atoms with E-state index in [4.69, 9.17) is 21.3 Å². The lowest BCUT2D eigenvalue weighted by molar-refractivity contribution is 0.415. The topological polar surface area (TPSA) is 27.1 Å². The van der Waals surface area contributed by atoms with Crippen LogP contribution in [0.2, 0.25) is 0 Å². The van der Waals surface area contributed by atoms with Gasteiger partial charge < -0.3 is 9.30 Å². The largest absolute Gasteiger partial charge is 0.497 e. The Morgan fingerprint density at radius 1 is 1.29 bits per heavy atom. The van der Waals surface area contributed by atoms with Crippen LogP contribution in [0.5, 0.6) is 5.75 Å².